The van der Waals surface area contributed by atoms with E-state index in [0.717, 1.165) is 0 Å². The lowest BCUT2D eigenvalue weighted by molar-refractivity contribution is 0.208. The molecule has 0 radical (unpaired) electrons. The minimum atomic E-state index is -1.07. The van der Waals surface area contributed by atoms with E-state index in [4.69, 9.17) is 14.2 Å². The zero-order chi connectivity index (χ0) is 15.4. The van der Waals surface area contributed by atoms with Gasteiger partial charge in [0, 0.05) is 0 Å². The number of hydrogen-bond donors (Lipinski definition) is 1. The van der Waals surface area contributed by atoms with Gasteiger partial charge in [0.2, 0.25) is 0 Å². The molecule has 0 bridgehead atoms. The van der Waals surface area contributed by atoms with Gasteiger partial charge in [-0.15, -0.1) is 0 Å². The van der Waals surface area contributed by atoms with Crippen LogP contribution in [-0.4, -0.2) is 26.4 Å². The monoisotopic (exact) mass is 292 g/mol. The van der Waals surface area contributed by atoms with Crippen LogP contribution in [0.1, 0.15) is 17.2 Å². The lowest BCUT2D eigenvalue weighted by Gasteiger charge is -2.18. The topological polar surface area (TPSA) is 47.9 Å². The summed E-state index contributed by atoms with van der Waals surface area (Å²) in [6.45, 7) is 0. The third-order valence-corrected chi connectivity index (χ3v) is 3.23. The number of halogens is 1. The molecule has 2 aromatic carbocycles. The molecule has 1 atom stereocenters. The van der Waals surface area contributed by atoms with Crippen LogP contribution in [0, 0.1) is 5.82 Å². The summed E-state index contributed by atoms with van der Waals surface area (Å²) in [6, 6.07) is 9.47. The summed E-state index contributed by atoms with van der Waals surface area (Å²) >= 11 is 0. The second-order valence-corrected chi connectivity index (χ2v) is 4.37. The van der Waals surface area contributed by atoms with Crippen LogP contribution in [0.5, 0.6) is 17.2 Å². The van der Waals surface area contributed by atoms with Gasteiger partial charge in [0.25, 0.3) is 0 Å². The molecule has 2 aromatic rings. The molecule has 0 aliphatic rings. The van der Waals surface area contributed by atoms with Gasteiger partial charge >= 0.3 is 0 Å². The average Bonchev–Trinajstić information content (AvgIpc) is 2.53. The second-order valence-electron chi connectivity index (χ2n) is 4.37. The Morgan fingerprint density at radius 2 is 1.48 bits per heavy atom. The first-order chi connectivity index (χ1) is 10.1. The van der Waals surface area contributed by atoms with Crippen molar-refractivity contribution in [1.82, 2.24) is 0 Å². The van der Waals surface area contributed by atoms with Crippen LogP contribution >= 0.6 is 0 Å². The number of benzene rings is 2. The van der Waals surface area contributed by atoms with Gasteiger partial charge in [-0.3, -0.25) is 0 Å². The first kappa shape index (κ1) is 15.1. The standard InChI is InChI=1S/C16H17FO4/c1-19-12-8-7-10(9-11(12)17)16(18)15-13(20-2)5-4-6-14(15)21-3/h4-9,16,18H,1-3H3. The van der Waals surface area contributed by atoms with Crippen molar-refractivity contribution in [2.75, 3.05) is 21.3 Å². The molecule has 2 rings (SSSR count). The summed E-state index contributed by atoms with van der Waals surface area (Å²) in [7, 11) is 4.39. The molecule has 0 aromatic heterocycles. The number of aliphatic hydroxyl groups is 1. The highest BCUT2D eigenvalue weighted by atomic mass is 19.1. The van der Waals surface area contributed by atoms with E-state index in [9.17, 15) is 9.50 Å². The Bertz CT molecular complexity index is 605. The van der Waals surface area contributed by atoms with E-state index < -0.39 is 11.9 Å². The predicted octanol–water partition coefficient (Wildman–Crippen LogP) is 2.93. The summed E-state index contributed by atoms with van der Waals surface area (Å²) in [5.74, 6) is 0.525. The Labute approximate surface area is 122 Å². The normalized spacial score (nSPS) is 11.9. The molecule has 0 saturated carbocycles. The Morgan fingerprint density at radius 3 is 1.95 bits per heavy atom. The van der Waals surface area contributed by atoms with Gasteiger partial charge in [0.15, 0.2) is 11.6 Å². The first-order valence-corrected chi connectivity index (χ1v) is 6.34. The van der Waals surface area contributed by atoms with Gasteiger partial charge in [0.05, 0.1) is 26.9 Å². The van der Waals surface area contributed by atoms with Crippen molar-refractivity contribution in [1.29, 1.82) is 0 Å². The highest BCUT2D eigenvalue weighted by Crippen LogP contribution is 2.37. The third kappa shape index (κ3) is 2.92. The summed E-state index contributed by atoms with van der Waals surface area (Å²) in [5, 5.41) is 10.5. The fraction of sp³-hybridized carbons (Fsp3) is 0.250. The van der Waals surface area contributed by atoms with E-state index >= 15 is 0 Å². The van der Waals surface area contributed by atoms with Gasteiger partial charge in [-0.2, -0.15) is 0 Å². The lowest BCUT2D eigenvalue weighted by atomic mass is 9.99. The molecule has 5 heteroatoms. The maximum absolute atomic E-state index is 13.8. The smallest absolute Gasteiger partial charge is 0.165 e. The van der Waals surface area contributed by atoms with Gasteiger partial charge in [-0.1, -0.05) is 12.1 Å². The number of rotatable bonds is 5. The van der Waals surface area contributed by atoms with Gasteiger partial charge in [-0.25, -0.2) is 4.39 Å². The SMILES string of the molecule is COc1ccc(C(O)c2c(OC)cccc2OC)cc1F. The van der Waals surface area contributed by atoms with E-state index in [2.05, 4.69) is 0 Å². The van der Waals surface area contributed by atoms with Gasteiger partial charge in [-0.05, 0) is 29.8 Å². The molecular formula is C16H17FO4. The van der Waals surface area contributed by atoms with Crippen LogP contribution in [0.2, 0.25) is 0 Å². The molecule has 0 saturated heterocycles. The largest absolute Gasteiger partial charge is 0.496 e. The maximum Gasteiger partial charge on any atom is 0.165 e. The third-order valence-electron chi connectivity index (χ3n) is 3.23. The summed E-state index contributed by atoms with van der Waals surface area (Å²) < 4.78 is 29.2. The van der Waals surface area contributed by atoms with E-state index in [1.54, 1.807) is 24.3 Å². The molecule has 0 heterocycles. The van der Waals surface area contributed by atoms with Crippen molar-refractivity contribution >= 4 is 0 Å². The van der Waals surface area contributed by atoms with Crippen LogP contribution < -0.4 is 14.2 Å². The molecule has 21 heavy (non-hydrogen) atoms. The van der Waals surface area contributed by atoms with Crippen molar-refractivity contribution in [3.05, 3.63) is 53.3 Å². The summed E-state index contributed by atoms with van der Waals surface area (Å²) in [5.41, 5.74) is 0.836. The lowest BCUT2D eigenvalue weighted by Crippen LogP contribution is -2.05. The molecule has 4 nitrogen and oxygen atoms in total. The average molecular weight is 292 g/mol. The minimum absolute atomic E-state index is 0.123. The van der Waals surface area contributed by atoms with Crippen LogP contribution in [-0.2, 0) is 0 Å². The fourth-order valence-corrected chi connectivity index (χ4v) is 2.17. The van der Waals surface area contributed by atoms with E-state index in [-0.39, 0.29) is 5.75 Å². The van der Waals surface area contributed by atoms with Crippen molar-refractivity contribution in [2.45, 2.75) is 6.10 Å². The molecule has 0 spiro atoms. The highest BCUT2D eigenvalue weighted by molar-refractivity contribution is 5.50. The zero-order valence-electron chi connectivity index (χ0n) is 12.1. The van der Waals surface area contributed by atoms with Crippen LogP contribution in [0.25, 0.3) is 0 Å². The van der Waals surface area contributed by atoms with Crippen molar-refractivity contribution < 1.29 is 23.7 Å². The molecule has 0 aliphatic carbocycles. The van der Waals surface area contributed by atoms with Crippen molar-refractivity contribution in [3.63, 3.8) is 0 Å². The van der Waals surface area contributed by atoms with Crippen LogP contribution in [0.3, 0.4) is 0 Å². The van der Waals surface area contributed by atoms with Crippen molar-refractivity contribution in [2.24, 2.45) is 0 Å². The van der Waals surface area contributed by atoms with E-state index in [1.807, 2.05) is 0 Å². The maximum atomic E-state index is 13.8. The molecule has 0 amide bonds. The molecule has 1 unspecified atom stereocenters. The first-order valence-electron chi connectivity index (χ1n) is 6.34. The fourth-order valence-electron chi connectivity index (χ4n) is 2.17. The van der Waals surface area contributed by atoms with E-state index in [0.29, 0.717) is 22.6 Å². The number of aliphatic hydroxyl groups excluding tert-OH is 1. The Kier molecular flexibility index (Phi) is 4.65. The predicted molar refractivity (Wildman–Crippen MR) is 76.6 cm³/mol. The number of hydrogen-bond acceptors (Lipinski definition) is 4. The van der Waals surface area contributed by atoms with Crippen molar-refractivity contribution in [3.8, 4) is 17.2 Å². The Balaban J connectivity index is 2.49. The minimum Gasteiger partial charge on any atom is -0.496 e. The molecule has 112 valence electrons. The summed E-state index contributed by atoms with van der Waals surface area (Å²) in [6.07, 6.45) is -1.07. The molecular weight excluding hydrogens is 275 g/mol. The number of methoxy groups -OCH3 is 3. The zero-order valence-corrected chi connectivity index (χ0v) is 12.1. The Hall–Kier alpha value is -2.27. The summed E-state index contributed by atoms with van der Waals surface area (Å²) in [4.78, 5) is 0. The highest BCUT2D eigenvalue weighted by Gasteiger charge is 2.21. The van der Waals surface area contributed by atoms with Crippen LogP contribution in [0.4, 0.5) is 4.39 Å². The quantitative estimate of drug-likeness (QED) is 0.920. The Morgan fingerprint density at radius 1 is 0.905 bits per heavy atom. The van der Waals surface area contributed by atoms with Gasteiger partial charge in [0.1, 0.15) is 17.6 Å². The van der Waals surface area contributed by atoms with E-state index in [1.165, 1.54) is 33.5 Å². The van der Waals surface area contributed by atoms with Gasteiger partial charge < -0.3 is 19.3 Å². The molecule has 0 aliphatic heterocycles. The number of ether oxygens (including phenoxy) is 3. The second kappa shape index (κ2) is 6.45. The molecule has 1 N–H and O–H groups in total. The van der Waals surface area contributed by atoms with Crippen LogP contribution in [0.15, 0.2) is 36.4 Å². The molecule has 0 fully saturated rings.